The first-order valence-electron chi connectivity index (χ1n) is 15.3. The van der Waals surface area contributed by atoms with E-state index >= 15 is 0 Å². The number of para-hydroxylation sites is 1. The molecular formula is C35H40N6O7. The molecule has 0 saturated carbocycles. The third kappa shape index (κ3) is 8.56. The molecule has 3 aromatic carbocycles. The second-order valence-corrected chi connectivity index (χ2v) is 10.4. The topological polar surface area (TPSA) is 136 Å². The van der Waals surface area contributed by atoms with Gasteiger partial charge >= 0.3 is 12.1 Å². The third-order valence-electron chi connectivity index (χ3n) is 7.55. The van der Waals surface area contributed by atoms with Gasteiger partial charge in [0.25, 0.3) is 5.91 Å². The van der Waals surface area contributed by atoms with Gasteiger partial charge in [0.2, 0.25) is 5.95 Å². The summed E-state index contributed by atoms with van der Waals surface area (Å²) >= 11 is 0. The van der Waals surface area contributed by atoms with Gasteiger partial charge in [0.1, 0.15) is 28.6 Å². The Labute approximate surface area is 280 Å². The Morgan fingerprint density at radius 2 is 1.56 bits per heavy atom. The molecule has 0 radical (unpaired) electrons. The number of ether oxygens (including phenoxy) is 4. The number of nitrogens with zero attached hydrogens (tertiary/aromatic N) is 5. The molecule has 13 nitrogen and oxygen atoms in total. The highest BCUT2D eigenvalue weighted by atomic mass is 16.6. The Hall–Kier alpha value is -5.69. The standard InChI is InChI=1S/C35H40N6O7/c1-7-40(8-2)22-21-39(3)32(42)24-13-15-25(16-14-24)37-34-36-20-19-31(38-34)41(28-18-17-26(45-4)23-30(28)46-5)35(44)48-29-12-10-9-11-27(29)33(43)47-6/h9-20,23H,7-8,21-22H2,1-6H3,(H,36,37,38). The molecule has 0 aliphatic carbocycles. The molecule has 4 rings (SSSR count). The monoisotopic (exact) mass is 656 g/mol. The summed E-state index contributed by atoms with van der Waals surface area (Å²) in [6, 6.07) is 19.6. The van der Waals surface area contributed by atoms with Gasteiger partial charge in [-0.25, -0.2) is 19.5 Å². The summed E-state index contributed by atoms with van der Waals surface area (Å²) in [5, 5.41) is 3.12. The SMILES string of the molecule is CCN(CC)CCN(C)C(=O)c1ccc(Nc2nccc(N(C(=O)Oc3ccccc3C(=O)OC)c3ccc(OC)cc3OC)n2)cc1. The maximum Gasteiger partial charge on any atom is 0.425 e. The maximum absolute atomic E-state index is 13.9. The molecule has 13 heteroatoms. The lowest BCUT2D eigenvalue weighted by atomic mass is 10.2. The van der Waals surface area contributed by atoms with Gasteiger partial charge in [-0.15, -0.1) is 0 Å². The average molecular weight is 657 g/mol. The number of benzene rings is 3. The number of hydrogen-bond donors (Lipinski definition) is 1. The fourth-order valence-corrected chi connectivity index (χ4v) is 4.77. The summed E-state index contributed by atoms with van der Waals surface area (Å²) < 4.78 is 21.5. The van der Waals surface area contributed by atoms with Crippen LogP contribution >= 0.6 is 0 Å². The largest absolute Gasteiger partial charge is 0.497 e. The van der Waals surface area contributed by atoms with E-state index in [0.29, 0.717) is 29.3 Å². The predicted octanol–water partition coefficient (Wildman–Crippen LogP) is 5.77. The lowest BCUT2D eigenvalue weighted by Gasteiger charge is -2.24. The Morgan fingerprint density at radius 3 is 2.23 bits per heavy atom. The van der Waals surface area contributed by atoms with Gasteiger partial charge in [-0.05, 0) is 61.6 Å². The van der Waals surface area contributed by atoms with Crippen LogP contribution in [-0.2, 0) is 4.74 Å². The second-order valence-electron chi connectivity index (χ2n) is 10.4. The summed E-state index contributed by atoms with van der Waals surface area (Å²) in [6.45, 7) is 7.47. The zero-order valence-electron chi connectivity index (χ0n) is 27.9. The number of anilines is 4. The van der Waals surface area contributed by atoms with Gasteiger partial charge in [0.15, 0.2) is 0 Å². The number of amides is 2. The molecule has 2 amide bonds. The van der Waals surface area contributed by atoms with E-state index in [1.165, 1.54) is 50.6 Å². The minimum absolute atomic E-state index is 0.00688. The Balaban J connectivity index is 1.61. The molecule has 0 spiro atoms. The van der Waals surface area contributed by atoms with Crippen LogP contribution in [0.2, 0.25) is 0 Å². The van der Waals surface area contributed by atoms with E-state index in [2.05, 4.69) is 34.0 Å². The number of aromatic nitrogens is 2. The molecule has 1 aromatic heterocycles. The van der Waals surface area contributed by atoms with E-state index in [4.69, 9.17) is 18.9 Å². The third-order valence-corrected chi connectivity index (χ3v) is 7.55. The molecule has 0 aliphatic rings. The van der Waals surface area contributed by atoms with Crippen LogP contribution in [0.1, 0.15) is 34.6 Å². The Morgan fingerprint density at radius 1 is 0.833 bits per heavy atom. The molecule has 0 bridgehead atoms. The smallest absolute Gasteiger partial charge is 0.425 e. The molecular weight excluding hydrogens is 616 g/mol. The number of likely N-dealkylation sites (N-methyl/N-ethyl adjacent to an activating group) is 2. The van der Waals surface area contributed by atoms with Crippen LogP contribution in [0.5, 0.6) is 17.2 Å². The van der Waals surface area contributed by atoms with Crippen LogP contribution in [-0.4, -0.2) is 92.3 Å². The summed E-state index contributed by atoms with van der Waals surface area (Å²) in [7, 11) is 6.00. The highest BCUT2D eigenvalue weighted by Crippen LogP contribution is 2.37. The van der Waals surface area contributed by atoms with Crippen molar-refractivity contribution >= 4 is 41.1 Å². The average Bonchev–Trinajstić information content (AvgIpc) is 3.12. The van der Waals surface area contributed by atoms with Crippen molar-refractivity contribution in [2.24, 2.45) is 0 Å². The van der Waals surface area contributed by atoms with Crippen LogP contribution in [0.4, 0.5) is 27.9 Å². The Kier molecular flexibility index (Phi) is 12.3. The van der Waals surface area contributed by atoms with E-state index in [9.17, 15) is 14.4 Å². The first-order chi connectivity index (χ1) is 23.2. The number of methoxy groups -OCH3 is 3. The minimum Gasteiger partial charge on any atom is -0.497 e. The molecule has 1 heterocycles. The van der Waals surface area contributed by atoms with Crippen molar-refractivity contribution in [3.63, 3.8) is 0 Å². The fourth-order valence-electron chi connectivity index (χ4n) is 4.77. The van der Waals surface area contributed by atoms with E-state index in [1.807, 2.05) is 0 Å². The predicted molar refractivity (Wildman–Crippen MR) is 182 cm³/mol. The number of hydrogen-bond acceptors (Lipinski definition) is 11. The number of carbonyl (C=O) groups excluding carboxylic acids is 3. The van der Waals surface area contributed by atoms with Crippen molar-refractivity contribution in [3.05, 3.63) is 90.1 Å². The van der Waals surface area contributed by atoms with E-state index in [-0.39, 0.29) is 34.7 Å². The van der Waals surface area contributed by atoms with Gasteiger partial charge in [-0.2, -0.15) is 4.98 Å². The number of rotatable bonds is 14. The molecule has 1 N–H and O–H groups in total. The molecule has 48 heavy (non-hydrogen) atoms. The van der Waals surface area contributed by atoms with Crippen molar-refractivity contribution in [1.82, 2.24) is 19.8 Å². The molecule has 252 valence electrons. The lowest BCUT2D eigenvalue weighted by Crippen LogP contribution is -2.36. The summed E-state index contributed by atoms with van der Waals surface area (Å²) in [4.78, 5) is 53.3. The van der Waals surface area contributed by atoms with Crippen molar-refractivity contribution < 1.29 is 33.3 Å². The first kappa shape index (κ1) is 35.2. The lowest BCUT2D eigenvalue weighted by molar-refractivity contribution is 0.0597. The minimum atomic E-state index is -0.882. The van der Waals surface area contributed by atoms with Gasteiger partial charge in [0.05, 0.1) is 27.0 Å². The van der Waals surface area contributed by atoms with Gasteiger partial charge in [0, 0.05) is 49.7 Å². The van der Waals surface area contributed by atoms with E-state index in [0.717, 1.165) is 19.6 Å². The zero-order valence-corrected chi connectivity index (χ0v) is 27.9. The van der Waals surface area contributed by atoms with Gasteiger partial charge in [-0.3, -0.25) is 4.79 Å². The molecule has 0 saturated heterocycles. The summed E-state index contributed by atoms with van der Waals surface area (Å²) in [5.41, 5.74) is 1.52. The van der Waals surface area contributed by atoms with Crippen molar-refractivity contribution in [1.29, 1.82) is 0 Å². The van der Waals surface area contributed by atoms with Crippen LogP contribution in [0, 0.1) is 0 Å². The molecule has 0 fully saturated rings. The summed E-state index contributed by atoms with van der Waals surface area (Å²) in [6.07, 6.45) is 0.596. The number of carbonyl (C=O) groups is 3. The maximum atomic E-state index is 13.9. The zero-order chi connectivity index (χ0) is 34.6. The molecule has 0 atom stereocenters. The van der Waals surface area contributed by atoms with E-state index < -0.39 is 12.1 Å². The quantitative estimate of drug-likeness (QED) is 0.166. The van der Waals surface area contributed by atoms with Crippen molar-refractivity contribution in [2.45, 2.75) is 13.8 Å². The Bertz CT molecular complexity index is 1710. The summed E-state index contributed by atoms with van der Waals surface area (Å²) in [5.74, 6) is 0.349. The van der Waals surface area contributed by atoms with Gasteiger partial charge < -0.3 is 34.1 Å². The number of nitrogens with one attached hydrogen (secondary N) is 1. The number of esters is 1. The molecule has 0 aliphatic heterocycles. The van der Waals surface area contributed by atoms with Crippen LogP contribution in [0.15, 0.2) is 79.0 Å². The first-order valence-corrected chi connectivity index (χ1v) is 15.3. The second kappa shape index (κ2) is 16.7. The van der Waals surface area contributed by atoms with Gasteiger partial charge in [-0.1, -0.05) is 26.0 Å². The highest BCUT2D eigenvalue weighted by molar-refractivity contribution is 6.00. The van der Waals surface area contributed by atoms with Crippen LogP contribution < -0.4 is 24.4 Å². The van der Waals surface area contributed by atoms with Crippen molar-refractivity contribution in [3.8, 4) is 17.2 Å². The highest BCUT2D eigenvalue weighted by Gasteiger charge is 2.27. The van der Waals surface area contributed by atoms with Crippen LogP contribution in [0.25, 0.3) is 0 Å². The molecule has 4 aromatic rings. The van der Waals surface area contributed by atoms with E-state index in [1.54, 1.807) is 66.5 Å². The van der Waals surface area contributed by atoms with Crippen LogP contribution in [0.3, 0.4) is 0 Å². The fraction of sp³-hybridized carbons (Fsp3) is 0.286. The van der Waals surface area contributed by atoms with Crippen molar-refractivity contribution in [2.75, 3.05) is 64.8 Å². The molecule has 0 unspecified atom stereocenters. The normalized spacial score (nSPS) is 10.6.